The molecule has 19 heavy (non-hydrogen) atoms. The van der Waals surface area contributed by atoms with Crippen molar-refractivity contribution in [3.05, 3.63) is 23.4 Å². The molecule has 1 fully saturated rings. The number of piperidine rings is 1. The Morgan fingerprint density at radius 3 is 2.63 bits per heavy atom. The first kappa shape index (κ1) is 12.4. The Hall–Kier alpha value is -1.62. The van der Waals surface area contributed by atoms with Crippen molar-refractivity contribution >= 4 is 0 Å². The molecule has 1 saturated heterocycles. The number of imidazole rings is 1. The highest BCUT2D eigenvalue weighted by Crippen LogP contribution is 2.28. The fraction of sp³-hybridized carbons (Fsp3) is 0.571. The highest BCUT2D eigenvalue weighted by atomic mass is 15.3. The zero-order valence-electron chi connectivity index (χ0n) is 11.8. The van der Waals surface area contributed by atoms with Crippen LogP contribution in [0.2, 0.25) is 0 Å². The van der Waals surface area contributed by atoms with Crippen LogP contribution < -0.4 is 5.32 Å². The number of H-pyrrole nitrogens is 1. The van der Waals surface area contributed by atoms with E-state index in [2.05, 4.69) is 27.3 Å². The van der Waals surface area contributed by atoms with Crippen LogP contribution in [0.15, 0.2) is 6.20 Å². The summed E-state index contributed by atoms with van der Waals surface area (Å²) in [6.07, 6.45) is 4.28. The van der Waals surface area contributed by atoms with Gasteiger partial charge in [-0.15, -0.1) is 0 Å². The van der Waals surface area contributed by atoms with Gasteiger partial charge in [0.05, 0.1) is 17.6 Å². The van der Waals surface area contributed by atoms with Crippen LogP contribution in [0.5, 0.6) is 0 Å². The average Bonchev–Trinajstić information content (AvgIpc) is 2.97. The summed E-state index contributed by atoms with van der Waals surface area (Å²) < 4.78 is 1.93. The average molecular weight is 259 g/mol. The number of hydrogen-bond donors (Lipinski definition) is 2. The minimum Gasteiger partial charge on any atom is -0.342 e. The number of aromatic amines is 1. The second-order valence-corrected chi connectivity index (χ2v) is 5.38. The van der Waals surface area contributed by atoms with Crippen molar-refractivity contribution in [3.8, 4) is 11.3 Å². The van der Waals surface area contributed by atoms with Crippen molar-refractivity contribution in [1.29, 1.82) is 0 Å². The van der Waals surface area contributed by atoms with Crippen LogP contribution >= 0.6 is 0 Å². The van der Waals surface area contributed by atoms with E-state index < -0.39 is 0 Å². The fourth-order valence-corrected chi connectivity index (χ4v) is 2.93. The summed E-state index contributed by atoms with van der Waals surface area (Å²) in [4.78, 5) is 8.09. The fourth-order valence-electron chi connectivity index (χ4n) is 2.93. The van der Waals surface area contributed by atoms with Crippen LogP contribution in [-0.4, -0.2) is 32.8 Å². The highest BCUT2D eigenvalue weighted by Gasteiger charge is 2.20. The third-order valence-electron chi connectivity index (χ3n) is 4.10. The molecule has 5 nitrogen and oxygen atoms in total. The van der Waals surface area contributed by atoms with Gasteiger partial charge in [0.1, 0.15) is 5.82 Å². The molecule has 2 aromatic rings. The van der Waals surface area contributed by atoms with Gasteiger partial charge in [-0.3, -0.25) is 4.68 Å². The first-order valence-corrected chi connectivity index (χ1v) is 6.93. The van der Waals surface area contributed by atoms with Crippen LogP contribution in [0.3, 0.4) is 0 Å². The summed E-state index contributed by atoms with van der Waals surface area (Å²) in [6, 6.07) is 0. The van der Waals surface area contributed by atoms with E-state index in [1.807, 2.05) is 24.9 Å². The van der Waals surface area contributed by atoms with Crippen LogP contribution in [0.4, 0.5) is 0 Å². The summed E-state index contributed by atoms with van der Waals surface area (Å²) in [5, 5.41) is 7.86. The van der Waals surface area contributed by atoms with Crippen molar-refractivity contribution < 1.29 is 0 Å². The molecular formula is C14H21N5. The van der Waals surface area contributed by atoms with E-state index in [0.29, 0.717) is 5.92 Å². The lowest BCUT2D eigenvalue weighted by molar-refractivity contribution is 0.447. The largest absolute Gasteiger partial charge is 0.342 e. The van der Waals surface area contributed by atoms with Crippen LogP contribution in [0, 0.1) is 13.8 Å². The molecule has 0 aromatic carbocycles. The maximum absolute atomic E-state index is 4.59. The molecule has 0 aliphatic carbocycles. The lowest BCUT2D eigenvalue weighted by atomic mass is 9.98. The van der Waals surface area contributed by atoms with E-state index in [0.717, 1.165) is 43.1 Å². The van der Waals surface area contributed by atoms with Gasteiger partial charge in [-0.25, -0.2) is 4.98 Å². The predicted octanol–water partition coefficient (Wildman–Crippen LogP) is 1.89. The maximum atomic E-state index is 4.59. The first-order chi connectivity index (χ1) is 9.16. The summed E-state index contributed by atoms with van der Waals surface area (Å²) in [5.74, 6) is 1.69. The second-order valence-electron chi connectivity index (χ2n) is 5.38. The van der Waals surface area contributed by atoms with Crippen molar-refractivity contribution in [1.82, 2.24) is 25.1 Å². The van der Waals surface area contributed by atoms with Gasteiger partial charge in [0.2, 0.25) is 0 Å². The molecular weight excluding hydrogens is 238 g/mol. The molecule has 102 valence electrons. The normalized spacial score (nSPS) is 17.0. The second kappa shape index (κ2) is 4.81. The number of rotatable bonds is 2. The molecule has 1 aliphatic heterocycles. The third-order valence-corrected chi connectivity index (χ3v) is 4.10. The topological polar surface area (TPSA) is 58.5 Å². The molecule has 0 bridgehead atoms. The Bertz CT molecular complexity index is 575. The van der Waals surface area contributed by atoms with Crippen molar-refractivity contribution in [2.45, 2.75) is 32.6 Å². The monoisotopic (exact) mass is 259 g/mol. The van der Waals surface area contributed by atoms with Gasteiger partial charge in [-0.05, 0) is 39.8 Å². The molecule has 0 amide bonds. The molecule has 5 heteroatoms. The summed E-state index contributed by atoms with van der Waals surface area (Å²) in [6.45, 7) is 6.32. The van der Waals surface area contributed by atoms with Gasteiger partial charge < -0.3 is 10.3 Å². The quantitative estimate of drug-likeness (QED) is 0.866. The van der Waals surface area contributed by atoms with Crippen LogP contribution in [0.25, 0.3) is 11.3 Å². The SMILES string of the molecule is Cc1nn(C)c(C)c1-c1cnc(C2CCNCC2)[nH]1. The smallest absolute Gasteiger partial charge is 0.109 e. The number of aryl methyl sites for hydroxylation is 2. The van der Waals surface area contributed by atoms with E-state index in [4.69, 9.17) is 0 Å². The molecule has 2 N–H and O–H groups in total. The maximum Gasteiger partial charge on any atom is 0.109 e. The minimum atomic E-state index is 0.562. The van der Waals surface area contributed by atoms with E-state index in [-0.39, 0.29) is 0 Å². The molecule has 0 unspecified atom stereocenters. The Morgan fingerprint density at radius 1 is 1.26 bits per heavy atom. The van der Waals surface area contributed by atoms with Crippen molar-refractivity contribution in [2.75, 3.05) is 13.1 Å². The van der Waals surface area contributed by atoms with E-state index in [9.17, 15) is 0 Å². The van der Waals surface area contributed by atoms with Gasteiger partial charge in [-0.2, -0.15) is 5.10 Å². The lowest BCUT2D eigenvalue weighted by Gasteiger charge is -2.20. The number of aromatic nitrogens is 4. The number of nitrogens with zero attached hydrogens (tertiary/aromatic N) is 3. The summed E-state index contributed by atoms with van der Waals surface area (Å²) in [5.41, 5.74) is 4.52. The van der Waals surface area contributed by atoms with Crippen LogP contribution in [-0.2, 0) is 7.05 Å². The Kier molecular flexibility index (Phi) is 3.14. The molecule has 2 aromatic heterocycles. The molecule has 0 spiro atoms. The molecule has 0 saturated carbocycles. The number of nitrogens with one attached hydrogen (secondary N) is 2. The van der Waals surface area contributed by atoms with E-state index >= 15 is 0 Å². The van der Waals surface area contributed by atoms with Crippen LogP contribution in [0.1, 0.15) is 36.0 Å². The summed E-state index contributed by atoms with van der Waals surface area (Å²) in [7, 11) is 1.98. The highest BCUT2D eigenvalue weighted by molar-refractivity contribution is 5.64. The zero-order chi connectivity index (χ0) is 13.4. The molecule has 0 radical (unpaired) electrons. The summed E-state index contributed by atoms with van der Waals surface area (Å²) >= 11 is 0. The first-order valence-electron chi connectivity index (χ1n) is 6.93. The minimum absolute atomic E-state index is 0.562. The molecule has 0 atom stereocenters. The van der Waals surface area contributed by atoms with Gasteiger partial charge in [0.25, 0.3) is 0 Å². The van der Waals surface area contributed by atoms with Gasteiger partial charge >= 0.3 is 0 Å². The third kappa shape index (κ3) is 2.18. The zero-order valence-corrected chi connectivity index (χ0v) is 11.8. The Balaban J connectivity index is 1.92. The molecule has 3 rings (SSSR count). The number of hydrogen-bond acceptors (Lipinski definition) is 3. The van der Waals surface area contributed by atoms with Gasteiger partial charge in [0, 0.05) is 24.2 Å². The van der Waals surface area contributed by atoms with Crippen molar-refractivity contribution in [2.24, 2.45) is 7.05 Å². The lowest BCUT2D eigenvalue weighted by Crippen LogP contribution is -2.27. The standard InChI is InChI=1S/C14H21N5/c1-9-13(10(2)19(3)18-9)12-8-16-14(17-12)11-4-6-15-7-5-11/h8,11,15H,4-7H2,1-3H3,(H,16,17). The predicted molar refractivity (Wildman–Crippen MR) is 75.1 cm³/mol. The molecule has 1 aliphatic rings. The van der Waals surface area contributed by atoms with E-state index in [1.165, 1.54) is 11.3 Å². The van der Waals surface area contributed by atoms with Crippen molar-refractivity contribution in [3.63, 3.8) is 0 Å². The van der Waals surface area contributed by atoms with Gasteiger partial charge in [-0.1, -0.05) is 0 Å². The Labute approximate surface area is 113 Å². The molecule has 3 heterocycles. The Morgan fingerprint density at radius 2 is 2.00 bits per heavy atom. The van der Waals surface area contributed by atoms with Gasteiger partial charge in [0.15, 0.2) is 0 Å². The van der Waals surface area contributed by atoms with E-state index in [1.54, 1.807) is 0 Å².